The number of hydrogen-bond donors (Lipinski definition) is 1. The molecular weight excluding hydrogens is 382 g/mol. The van der Waals surface area contributed by atoms with Crippen LogP contribution in [0.2, 0.25) is 0 Å². The first-order valence-electron chi connectivity index (χ1n) is 11.5. The molecule has 3 heterocycles. The highest BCUT2D eigenvalue weighted by Gasteiger charge is 2.35. The van der Waals surface area contributed by atoms with Crippen LogP contribution in [0.4, 0.5) is 0 Å². The minimum atomic E-state index is -0.167. The molecule has 2 aliphatic heterocycles. The minimum Gasteiger partial charge on any atom is -0.365 e. The van der Waals surface area contributed by atoms with Crippen LogP contribution < -0.4 is 5.32 Å². The van der Waals surface area contributed by atoms with Crippen molar-refractivity contribution in [3.63, 3.8) is 0 Å². The largest absolute Gasteiger partial charge is 0.365 e. The van der Waals surface area contributed by atoms with E-state index < -0.39 is 0 Å². The fourth-order valence-corrected chi connectivity index (χ4v) is 4.85. The molecule has 2 saturated heterocycles. The van der Waals surface area contributed by atoms with Crippen LogP contribution >= 0.6 is 0 Å². The number of carbonyl (C=O) groups is 2. The zero-order valence-electron chi connectivity index (χ0n) is 18.3. The minimum absolute atomic E-state index is 0.0792. The normalized spacial score (nSPS) is 24.1. The number of carbonyl (C=O) groups excluding carboxylic acids is 2. The number of nitrogens with one attached hydrogen (secondary N) is 1. The predicted molar refractivity (Wildman–Crippen MR) is 113 cm³/mol. The Morgan fingerprint density at radius 1 is 1.23 bits per heavy atom. The van der Waals surface area contributed by atoms with Crippen LogP contribution in [0, 0.1) is 0 Å². The fourth-order valence-electron chi connectivity index (χ4n) is 4.85. The highest BCUT2D eigenvalue weighted by Crippen LogP contribution is 2.29. The van der Waals surface area contributed by atoms with Gasteiger partial charge in [-0.25, -0.2) is 0 Å². The van der Waals surface area contributed by atoms with Crippen LogP contribution in [0.3, 0.4) is 0 Å². The summed E-state index contributed by atoms with van der Waals surface area (Å²) in [5, 5.41) is 7.37. The van der Waals surface area contributed by atoms with Gasteiger partial charge in [0.2, 0.25) is 5.91 Å². The van der Waals surface area contributed by atoms with Crippen LogP contribution in [0.15, 0.2) is 6.07 Å². The van der Waals surface area contributed by atoms with E-state index in [1.165, 1.54) is 19.3 Å². The van der Waals surface area contributed by atoms with Gasteiger partial charge in [0.25, 0.3) is 5.91 Å². The van der Waals surface area contributed by atoms with Crippen molar-refractivity contribution in [2.75, 3.05) is 32.8 Å². The number of morpholine rings is 1. The van der Waals surface area contributed by atoms with Crippen molar-refractivity contribution in [2.45, 2.75) is 70.1 Å². The van der Waals surface area contributed by atoms with Crippen molar-refractivity contribution in [2.24, 2.45) is 7.05 Å². The SMILES string of the molecule is CCCc1cc(C(=O)NCC2CN(C3CCN(C4CCC4)CC3)C(=O)CO2)n(C)n1. The van der Waals surface area contributed by atoms with Gasteiger partial charge in [-0.1, -0.05) is 19.8 Å². The first-order chi connectivity index (χ1) is 14.5. The van der Waals surface area contributed by atoms with Crippen LogP contribution in [0.1, 0.15) is 61.6 Å². The van der Waals surface area contributed by atoms with Gasteiger partial charge in [-0.2, -0.15) is 5.10 Å². The van der Waals surface area contributed by atoms with Crippen molar-refractivity contribution in [3.8, 4) is 0 Å². The number of amides is 2. The molecule has 0 bridgehead atoms. The third-order valence-electron chi connectivity index (χ3n) is 6.85. The van der Waals surface area contributed by atoms with E-state index in [1.807, 2.05) is 11.0 Å². The Kier molecular flexibility index (Phi) is 6.73. The smallest absolute Gasteiger partial charge is 0.269 e. The molecule has 1 aromatic heterocycles. The van der Waals surface area contributed by atoms with Gasteiger partial charge in [0.15, 0.2) is 0 Å². The van der Waals surface area contributed by atoms with Crippen molar-refractivity contribution in [1.82, 2.24) is 24.9 Å². The average Bonchev–Trinajstić information content (AvgIpc) is 3.07. The third-order valence-corrected chi connectivity index (χ3v) is 6.85. The first-order valence-corrected chi connectivity index (χ1v) is 11.5. The number of piperidine rings is 1. The molecule has 4 rings (SSSR count). The lowest BCUT2D eigenvalue weighted by atomic mass is 9.89. The summed E-state index contributed by atoms with van der Waals surface area (Å²) in [7, 11) is 1.79. The summed E-state index contributed by atoms with van der Waals surface area (Å²) < 4.78 is 7.35. The third kappa shape index (κ3) is 4.70. The van der Waals surface area contributed by atoms with Gasteiger partial charge in [-0.15, -0.1) is 0 Å². The lowest BCUT2D eigenvalue weighted by Crippen LogP contribution is -2.57. The molecule has 1 N–H and O–H groups in total. The quantitative estimate of drug-likeness (QED) is 0.724. The molecule has 3 aliphatic rings. The van der Waals surface area contributed by atoms with E-state index in [0.717, 1.165) is 50.5 Å². The van der Waals surface area contributed by atoms with E-state index >= 15 is 0 Å². The molecule has 0 radical (unpaired) electrons. The monoisotopic (exact) mass is 417 g/mol. The summed E-state index contributed by atoms with van der Waals surface area (Å²) >= 11 is 0. The lowest BCUT2D eigenvalue weighted by Gasteiger charge is -2.45. The highest BCUT2D eigenvalue weighted by molar-refractivity contribution is 5.92. The Labute approximate surface area is 178 Å². The Morgan fingerprint density at radius 2 is 2.00 bits per heavy atom. The molecule has 8 nitrogen and oxygen atoms in total. The zero-order chi connectivity index (χ0) is 21.1. The van der Waals surface area contributed by atoms with E-state index in [9.17, 15) is 9.59 Å². The molecule has 2 amide bonds. The number of aryl methyl sites for hydroxylation is 2. The summed E-state index contributed by atoms with van der Waals surface area (Å²) in [4.78, 5) is 29.7. The molecule has 1 aliphatic carbocycles. The van der Waals surface area contributed by atoms with Gasteiger partial charge in [0.05, 0.1) is 11.8 Å². The van der Waals surface area contributed by atoms with Crippen LogP contribution in [-0.4, -0.2) is 82.4 Å². The van der Waals surface area contributed by atoms with Gasteiger partial charge >= 0.3 is 0 Å². The van der Waals surface area contributed by atoms with E-state index in [1.54, 1.807) is 11.7 Å². The van der Waals surface area contributed by atoms with Crippen molar-refractivity contribution in [1.29, 1.82) is 0 Å². The zero-order valence-corrected chi connectivity index (χ0v) is 18.3. The maximum Gasteiger partial charge on any atom is 0.269 e. The fraction of sp³-hybridized carbons (Fsp3) is 0.773. The second kappa shape index (κ2) is 9.47. The topological polar surface area (TPSA) is 79.7 Å². The van der Waals surface area contributed by atoms with E-state index in [0.29, 0.717) is 24.8 Å². The Balaban J connectivity index is 1.27. The van der Waals surface area contributed by atoms with E-state index in [2.05, 4.69) is 22.2 Å². The van der Waals surface area contributed by atoms with Gasteiger partial charge in [-0.05, 0) is 38.2 Å². The highest BCUT2D eigenvalue weighted by atomic mass is 16.5. The second-order valence-corrected chi connectivity index (χ2v) is 8.94. The summed E-state index contributed by atoms with van der Waals surface area (Å²) in [5.74, 6) is -0.0660. The number of hydrogen-bond acceptors (Lipinski definition) is 5. The summed E-state index contributed by atoms with van der Waals surface area (Å²) in [6.45, 7) is 5.33. The number of ether oxygens (including phenoxy) is 1. The maximum absolute atomic E-state index is 12.6. The maximum atomic E-state index is 12.6. The molecule has 8 heteroatoms. The summed E-state index contributed by atoms with van der Waals surface area (Å²) in [6, 6.07) is 2.93. The van der Waals surface area contributed by atoms with E-state index in [-0.39, 0.29) is 24.5 Å². The van der Waals surface area contributed by atoms with Crippen LogP contribution in [-0.2, 0) is 23.0 Å². The summed E-state index contributed by atoms with van der Waals surface area (Å²) in [5.41, 5.74) is 1.50. The lowest BCUT2D eigenvalue weighted by molar-refractivity contribution is -0.153. The number of nitrogens with zero attached hydrogens (tertiary/aromatic N) is 4. The number of aromatic nitrogens is 2. The molecule has 0 aromatic carbocycles. The molecule has 1 unspecified atom stereocenters. The Hall–Kier alpha value is -1.93. The molecule has 0 spiro atoms. The van der Waals surface area contributed by atoms with Gasteiger partial charge in [0, 0.05) is 45.3 Å². The van der Waals surface area contributed by atoms with Crippen molar-refractivity contribution >= 4 is 11.8 Å². The van der Waals surface area contributed by atoms with Gasteiger partial charge in [0.1, 0.15) is 12.3 Å². The summed E-state index contributed by atoms with van der Waals surface area (Å²) in [6.07, 6.45) is 7.80. The Bertz CT molecular complexity index is 752. The van der Waals surface area contributed by atoms with Crippen LogP contribution in [0.5, 0.6) is 0 Å². The first kappa shape index (κ1) is 21.3. The number of likely N-dealkylation sites (tertiary alicyclic amines) is 1. The predicted octanol–water partition coefficient (Wildman–Crippen LogP) is 1.35. The molecule has 1 atom stereocenters. The molecule has 30 heavy (non-hydrogen) atoms. The second-order valence-electron chi connectivity index (χ2n) is 8.94. The van der Waals surface area contributed by atoms with Gasteiger partial charge in [-0.3, -0.25) is 14.3 Å². The molecule has 3 fully saturated rings. The average molecular weight is 418 g/mol. The van der Waals surface area contributed by atoms with Crippen molar-refractivity contribution < 1.29 is 14.3 Å². The van der Waals surface area contributed by atoms with Crippen molar-refractivity contribution in [3.05, 3.63) is 17.5 Å². The molecule has 1 saturated carbocycles. The van der Waals surface area contributed by atoms with Crippen LogP contribution in [0.25, 0.3) is 0 Å². The molecule has 166 valence electrons. The molecule has 1 aromatic rings. The van der Waals surface area contributed by atoms with Gasteiger partial charge < -0.3 is 19.9 Å². The standard InChI is InChI=1S/C22H35N5O3/c1-3-5-16-12-20(25(2)24-16)22(29)23-13-19-14-27(21(28)15-30-19)18-8-10-26(11-9-18)17-6-4-7-17/h12,17-19H,3-11,13-15H2,1-2H3,(H,23,29). The molecular formula is C22H35N5O3. The van der Waals surface area contributed by atoms with E-state index in [4.69, 9.17) is 4.74 Å². The Morgan fingerprint density at radius 3 is 2.67 bits per heavy atom. The number of rotatable bonds is 7.